The molecule has 1 rings (SSSR count). The molecule has 0 saturated carbocycles. The number of benzene rings is 1. The second-order valence-corrected chi connectivity index (χ2v) is 6.72. The van der Waals surface area contributed by atoms with Gasteiger partial charge in [0.25, 0.3) is 0 Å². The fourth-order valence-corrected chi connectivity index (χ4v) is 2.50. The van der Waals surface area contributed by atoms with Crippen LogP contribution in [0.25, 0.3) is 0 Å². The second-order valence-electron chi connectivity index (χ2n) is 3.66. The van der Waals surface area contributed by atoms with E-state index >= 15 is 0 Å². The van der Waals surface area contributed by atoms with Gasteiger partial charge in [-0.15, -0.1) is 0 Å². The van der Waals surface area contributed by atoms with Gasteiger partial charge in [-0.1, -0.05) is 23.2 Å². The van der Waals surface area contributed by atoms with Crippen LogP contribution in [0.3, 0.4) is 0 Å². The molecule has 0 aromatic heterocycles. The molecule has 0 saturated heterocycles. The van der Waals surface area contributed by atoms with E-state index in [9.17, 15) is 13.5 Å². The fraction of sp³-hybridized carbons (Fsp3) is 0.400. The Kier molecular flexibility index (Phi) is 5.06. The summed E-state index contributed by atoms with van der Waals surface area (Å²) >= 11 is 11.5. The Bertz CT molecular complexity index is 467. The van der Waals surface area contributed by atoms with Crippen molar-refractivity contribution in [2.75, 3.05) is 18.6 Å². The zero-order valence-electron chi connectivity index (χ0n) is 9.06. The third-order valence-corrected chi connectivity index (χ3v) is 3.20. The molecule has 1 unspecified atom stereocenters. The SMILES string of the molecule is CS(=O)(=O)CC(O)COc1cc(Cl)cc(Cl)c1. The lowest BCUT2D eigenvalue weighted by Crippen LogP contribution is -2.26. The Balaban J connectivity index is 2.55. The molecule has 0 fully saturated rings. The van der Waals surface area contributed by atoms with Crippen molar-refractivity contribution in [3.8, 4) is 5.75 Å². The van der Waals surface area contributed by atoms with Crippen LogP contribution in [0.4, 0.5) is 0 Å². The van der Waals surface area contributed by atoms with E-state index in [0.717, 1.165) is 6.26 Å². The van der Waals surface area contributed by atoms with Crippen molar-refractivity contribution in [3.63, 3.8) is 0 Å². The van der Waals surface area contributed by atoms with Gasteiger partial charge in [0.2, 0.25) is 0 Å². The molecule has 96 valence electrons. The smallest absolute Gasteiger partial charge is 0.150 e. The summed E-state index contributed by atoms with van der Waals surface area (Å²) in [7, 11) is -3.23. The van der Waals surface area contributed by atoms with E-state index < -0.39 is 15.9 Å². The van der Waals surface area contributed by atoms with E-state index in [1.165, 1.54) is 12.1 Å². The molecule has 0 aliphatic rings. The highest BCUT2D eigenvalue weighted by Gasteiger charge is 2.13. The number of hydrogen-bond donors (Lipinski definition) is 1. The first-order valence-electron chi connectivity index (χ1n) is 4.71. The second kappa shape index (κ2) is 5.91. The topological polar surface area (TPSA) is 63.6 Å². The predicted octanol–water partition coefficient (Wildman–Crippen LogP) is 1.78. The van der Waals surface area contributed by atoms with E-state index in [2.05, 4.69) is 0 Å². The maximum atomic E-state index is 10.9. The summed E-state index contributed by atoms with van der Waals surface area (Å²) in [5.74, 6) is 0.0384. The fourth-order valence-electron chi connectivity index (χ4n) is 1.20. The van der Waals surface area contributed by atoms with Crippen molar-refractivity contribution < 1.29 is 18.3 Å². The maximum absolute atomic E-state index is 10.9. The lowest BCUT2D eigenvalue weighted by molar-refractivity contribution is 0.125. The van der Waals surface area contributed by atoms with Gasteiger partial charge in [-0.2, -0.15) is 0 Å². The molecule has 0 radical (unpaired) electrons. The summed E-state index contributed by atoms with van der Waals surface area (Å²) < 4.78 is 27.0. The number of halogens is 2. The number of aliphatic hydroxyl groups excluding tert-OH is 1. The van der Waals surface area contributed by atoms with Crippen molar-refractivity contribution in [1.29, 1.82) is 0 Å². The zero-order chi connectivity index (χ0) is 13.1. The van der Waals surface area contributed by atoms with Crippen LogP contribution in [0.1, 0.15) is 0 Å². The van der Waals surface area contributed by atoms with Gasteiger partial charge in [-0.25, -0.2) is 8.42 Å². The Labute approximate surface area is 110 Å². The van der Waals surface area contributed by atoms with Gasteiger partial charge in [-0.3, -0.25) is 0 Å². The van der Waals surface area contributed by atoms with Crippen LogP contribution in [0.5, 0.6) is 5.75 Å². The van der Waals surface area contributed by atoms with Crippen LogP contribution in [0.15, 0.2) is 18.2 Å². The standard InChI is InChI=1S/C10H12Cl2O4S/c1-17(14,15)6-9(13)5-16-10-3-7(11)2-8(12)4-10/h2-4,9,13H,5-6H2,1H3. The average Bonchev–Trinajstić information content (AvgIpc) is 2.10. The minimum absolute atomic E-state index is 0.135. The van der Waals surface area contributed by atoms with Crippen LogP contribution in [-0.4, -0.2) is 38.2 Å². The molecule has 0 heterocycles. The number of sulfone groups is 1. The van der Waals surface area contributed by atoms with E-state index in [0.29, 0.717) is 15.8 Å². The minimum Gasteiger partial charge on any atom is -0.491 e. The molecule has 1 aromatic carbocycles. The van der Waals surface area contributed by atoms with Crippen molar-refractivity contribution in [1.82, 2.24) is 0 Å². The molecular formula is C10H12Cl2O4S. The van der Waals surface area contributed by atoms with Crippen LogP contribution in [0.2, 0.25) is 10.0 Å². The molecular weight excluding hydrogens is 287 g/mol. The van der Waals surface area contributed by atoms with Crippen LogP contribution in [-0.2, 0) is 9.84 Å². The normalized spacial score (nSPS) is 13.4. The monoisotopic (exact) mass is 298 g/mol. The summed E-state index contributed by atoms with van der Waals surface area (Å²) in [4.78, 5) is 0. The first kappa shape index (κ1) is 14.6. The van der Waals surface area contributed by atoms with Gasteiger partial charge in [0.15, 0.2) is 0 Å². The van der Waals surface area contributed by atoms with E-state index in [4.69, 9.17) is 27.9 Å². The molecule has 1 aromatic rings. The lowest BCUT2D eigenvalue weighted by atomic mass is 10.3. The molecule has 0 spiro atoms. The molecule has 0 aliphatic heterocycles. The average molecular weight is 299 g/mol. The first-order chi connectivity index (χ1) is 7.76. The third kappa shape index (κ3) is 6.12. The summed E-state index contributed by atoms with van der Waals surface area (Å²) in [5, 5.41) is 10.2. The van der Waals surface area contributed by atoms with E-state index in [1.54, 1.807) is 6.07 Å². The molecule has 1 N–H and O–H groups in total. The number of aliphatic hydroxyl groups is 1. The highest BCUT2D eigenvalue weighted by molar-refractivity contribution is 7.90. The summed E-state index contributed by atoms with van der Waals surface area (Å²) in [6.07, 6.45) is -0.0327. The number of hydrogen-bond acceptors (Lipinski definition) is 4. The van der Waals surface area contributed by atoms with Crippen molar-refractivity contribution in [3.05, 3.63) is 28.2 Å². The molecule has 7 heteroatoms. The Hall–Kier alpha value is -0.490. The molecule has 4 nitrogen and oxygen atoms in total. The number of rotatable bonds is 5. The summed E-state index contributed by atoms with van der Waals surface area (Å²) in [6, 6.07) is 4.60. The molecule has 0 amide bonds. The van der Waals surface area contributed by atoms with Gasteiger partial charge in [0.1, 0.15) is 28.3 Å². The van der Waals surface area contributed by atoms with Crippen LogP contribution < -0.4 is 4.74 Å². The largest absolute Gasteiger partial charge is 0.491 e. The van der Waals surface area contributed by atoms with Gasteiger partial charge in [0.05, 0.1) is 5.75 Å². The van der Waals surface area contributed by atoms with Crippen molar-refractivity contribution in [2.45, 2.75) is 6.10 Å². The van der Waals surface area contributed by atoms with Gasteiger partial charge < -0.3 is 9.84 Å². The van der Waals surface area contributed by atoms with E-state index in [-0.39, 0.29) is 12.4 Å². The number of ether oxygens (including phenoxy) is 1. The quantitative estimate of drug-likeness (QED) is 0.900. The zero-order valence-corrected chi connectivity index (χ0v) is 11.4. The lowest BCUT2D eigenvalue weighted by Gasteiger charge is -2.11. The Morgan fingerprint density at radius 1 is 1.29 bits per heavy atom. The molecule has 1 atom stereocenters. The summed E-state index contributed by atoms with van der Waals surface area (Å²) in [5.41, 5.74) is 0. The van der Waals surface area contributed by atoms with Gasteiger partial charge in [-0.05, 0) is 18.2 Å². The van der Waals surface area contributed by atoms with Crippen molar-refractivity contribution >= 4 is 33.0 Å². The molecule has 17 heavy (non-hydrogen) atoms. The third-order valence-electron chi connectivity index (χ3n) is 1.77. The Morgan fingerprint density at radius 3 is 2.29 bits per heavy atom. The van der Waals surface area contributed by atoms with Crippen LogP contribution in [0, 0.1) is 0 Å². The Morgan fingerprint density at radius 2 is 1.82 bits per heavy atom. The van der Waals surface area contributed by atoms with Gasteiger partial charge >= 0.3 is 0 Å². The summed E-state index contributed by atoms with van der Waals surface area (Å²) in [6.45, 7) is -0.135. The first-order valence-corrected chi connectivity index (χ1v) is 7.52. The van der Waals surface area contributed by atoms with Crippen molar-refractivity contribution in [2.24, 2.45) is 0 Å². The molecule has 0 bridgehead atoms. The highest BCUT2D eigenvalue weighted by atomic mass is 35.5. The maximum Gasteiger partial charge on any atom is 0.150 e. The minimum atomic E-state index is -3.23. The van der Waals surface area contributed by atoms with E-state index in [1.807, 2.05) is 0 Å². The van der Waals surface area contributed by atoms with Crippen LogP contribution >= 0.6 is 23.2 Å². The highest BCUT2D eigenvalue weighted by Crippen LogP contribution is 2.24. The van der Waals surface area contributed by atoms with Gasteiger partial charge in [0, 0.05) is 16.3 Å². The molecule has 0 aliphatic carbocycles. The predicted molar refractivity (Wildman–Crippen MR) is 67.7 cm³/mol.